The van der Waals surface area contributed by atoms with Crippen LogP contribution in [0.15, 0.2) is 107 Å². The number of furan rings is 1. The summed E-state index contributed by atoms with van der Waals surface area (Å²) in [5, 5.41) is 11.3. The summed E-state index contributed by atoms with van der Waals surface area (Å²) >= 11 is 0. The van der Waals surface area contributed by atoms with Crippen LogP contribution in [0.25, 0.3) is 5.76 Å². The maximum atomic E-state index is 13.3. The smallest absolute Gasteiger partial charge is 0.296 e. The molecule has 1 saturated heterocycles. The highest BCUT2D eigenvalue weighted by molar-refractivity contribution is 6.46. The summed E-state index contributed by atoms with van der Waals surface area (Å²) in [6.07, 6.45) is 1.51. The highest BCUT2D eigenvalue weighted by Crippen LogP contribution is 2.41. The van der Waals surface area contributed by atoms with Crippen molar-refractivity contribution >= 4 is 17.4 Å². The molecule has 2 heterocycles. The third-order valence-corrected chi connectivity index (χ3v) is 6.23. The molecule has 4 aromatic rings. The fraction of sp³-hybridized carbons (Fsp3) is 0.133. The van der Waals surface area contributed by atoms with Crippen molar-refractivity contribution in [1.29, 1.82) is 0 Å². The van der Waals surface area contributed by atoms with Gasteiger partial charge >= 0.3 is 0 Å². The minimum atomic E-state index is -0.840. The highest BCUT2D eigenvalue weighted by atomic mass is 16.5. The van der Waals surface area contributed by atoms with E-state index in [-0.39, 0.29) is 17.9 Å². The molecule has 1 atom stereocenters. The van der Waals surface area contributed by atoms with Crippen LogP contribution in [-0.2, 0) is 22.7 Å². The second kappa shape index (κ2) is 10.5. The minimum Gasteiger partial charge on any atom is -0.507 e. The summed E-state index contributed by atoms with van der Waals surface area (Å²) < 4.78 is 16.6. The normalized spacial score (nSPS) is 16.7. The van der Waals surface area contributed by atoms with E-state index < -0.39 is 17.7 Å². The van der Waals surface area contributed by atoms with Crippen LogP contribution in [0.5, 0.6) is 11.5 Å². The molecular weight excluding hydrogens is 470 g/mol. The van der Waals surface area contributed by atoms with Gasteiger partial charge in [-0.2, -0.15) is 0 Å². The van der Waals surface area contributed by atoms with Gasteiger partial charge in [0.05, 0.1) is 31.5 Å². The zero-order chi connectivity index (χ0) is 25.8. The molecule has 1 fully saturated rings. The van der Waals surface area contributed by atoms with Crippen molar-refractivity contribution in [3.8, 4) is 11.5 Å². The molecule has 1 aliphatic rings. The number of carbonyl (C=O) groups excluding carboxylic acids is 2. The van der Waals surface area contributed by atoms with E-state index >= 15 is 0 Å². The molecule has 0 spiro atoms. The van der Waals surface area contributed by atoms with Crippen molar-refractivity contribution in [2.75, 3.05) is 7.11 Å². The van der Waals surface area contributed by atoms with Gasteiger partial charge in [0.15, 0.2) is 0 Å². The molecule has 1 N–H and O–H groups in total. The number of methoxy groups -OCH3 is 1. The first kappa shape index (κ1) is 23.9. The first-order valence-corrected chi connectivity index (χ1v) is 11.8. The van der Waals surface area contributed by atoms with Crippen molar-refractivity contribution in [2.45, 2.75) is 19.2 Å². The second-order valence-electron chi connectivity index (χ2n) is 8.58. The molecule has 5 rings (SSSR count). The lowest BCUT2D eigenvalue weighted by Crippen LogP contribution is -2.29. The van der Waals surface area contributed by atoms with Crippen molar-refractivity contribution in [3.05, 3.63) is 125 Å². The average Bonchev–Trinajstić information content (AvgIpc) is 3.55. The van der Waals surface area contributed by atoms with Crippen LogP contribution in [0, 0.1) is 0 Å². The summed E-state index contributed by atoms with van der Waals surface area (Å²) in [7, 11) is 1.54. The molecule has 1 aliphatic heterocycles. The Hall–Kier alpha value is -4.78. The summed E-state index contributed by atoms with van der Waals surface area (Å²) in [6.45, 7) is 0.430. The van der Waals surface area contributed by atoms with Gasteiger partial charge < -0.3 is 23.9 Å². The molecule has 1 unspecified atom stereocenters. The fourth-order valence-corrected chi connectivity index (χ4v) is 4.38. The van der Waals surface area contributed by atoms with Gasteiger partial charge in [-0.15, -0.1) is 0 Å². The van der Waals surface area contributed by atoms with Gasteiger partial charge in [-0.25, -0.2) is 0 Å². The molecule has 1 aromatic heterocycles. The lowest BCUT2D eigenvalue weighted by molar-refractivity contribution is -0.140. The van der Waals surface area contributed by atoms with Crippen molar-refractivity contribution in [1.82, 2.24) is 4.90 Å². The maximum absolute atomic E-state index is 13.3. The number of carbonyl (C=O) groups is 2. The van der Waals surface area contributed by atoms with Crippen LogP contribution in [0.1, 0.15) is 28.5 Å². The van der Waals surface area contributed by atoms with Crippen LogP contribution in [0.3, 0.4) is 0 Å². The molecule has 0 saturated carbocycles. The number of benzene rings is 3. The van der Waals surface area contributed by atoms with Crippen LogP contribution < -0.4 is 9.47 Å². The molecule has 7 nitrogen and oxygen atoms in total. The number of Topliss-reactive ketones (excluding diaryl/α,β-unsaturated/α-hetero) is 1. The lowest BCUT2D eigenvalue weighted by Gasteiger charge is -2.25. The van der Waals surface area contributed by atoms with Crippen molar-refractivity contribution < 1.29 is 28.6 Å². The Kier molecular flexibility index (Phi) is 6.76. The number of likely N-dealkylation sites (tertiary alicyclic amines) is 1. The van der Waals surface area contributed by atoms with Gasteiger partial charge in [0.25, 0.3) is 11.7 Å². The molecule has 7 heteroatoms. The predicted octanol–water partition coefficient (Wildman–Crippen LogP) is 5.49. The van der Waals surface area contributed by atoms with E-state index in [1.54, 1.807) is 55.6 Å². The molecule has 37 heavy (non-hydrogen) atoms. The fourth-order valence-electron chi connectivity index (χ4n) is 4.38. The number of hydrogen-bond acceptors (Lipinski definition) is 6. The molecule has 186 valence electrons. The lowest BCUT2D eigenvalue weighted by atomic mass is 9.95. The Morgan fingerprint density at radius 1 is 0.919 bits per heavy atom. The van der Waals surface area contributed by atoms with Crippen molar-refractivity contribution in [3.63, 3.8) is 0 Å². The Morgan fingerprint density at radius 2 is 1.70 bits per heavy atom. The van der Waals surface area contributed by atoms with E-state index in [4.69, 9.17) is 13.9 Å². The number of nitrogens with zero attached hydrogens (tertiary/aromatic N) is 1. The van der Waals surface area contributed by atoms with Gasteiger partial charge in [0.1, 0.15) is 29.6 Å². The van der Waals surface area contributed by atoms with Crippen LogP contribution >= 0.6 is 0 Å². The summed E-state index contributed by atoms with van der Waals surface area (Å²) in [4.78, 5) is 27.9. The third-order valence-electron chi connectivity index (χ3n) is 6.23. The van der Waals surface area contributed by atoms with Gasteiger partial charge in [-0.3, -0.25) is 9.59 Å². The van der Waals surface area contributed by atoms with Crippen LogP contribution in [0.4, 0.5) is 0 Å². The molecule has 3 aromatic carbocycles. The van der Waals surface area contributed by atoms with Gasteiger partial charge in [-0.1, -0.05) is 42.5 Å². The SMILES string of the molecule is COc1ccc(/C(O)=C2/C(=O)C(=O)N(Cc3ccco3)C2c2cccc(OCc3ccccc3)c2)cc1. The molecule has 1 amide bonds. The van der Waals surface area contributed by atoms with E-state index in [0.29, 0.717) is 35.0 Å². The number of rotatable bonds is 8. The Labute approximate surface area is 214 Å². The van der Waals surface area contributed by atoms with E-state index in [0.717, 1.165) is 5.56 Å². The number of ketones is 1. The second-order valence-corrected chi connectivity index (χ2v) is 8.58. The standard InChI is InChI=1S/C30H25NO6/c1-35-23-14-12-21(13-15-23)28(32)26-27(31(30(34)29(26)33)18-25-11-6-16-36-25)22-9-5-10-24(17-22)37-19-20-7-3-2-4-8-20/h2-17,27,32H,18-19H2,1H3/b28-26-. The molecule has 0 aliphatic carbocycles. The average molecular weight is 496 g/mol. The largest absolute Gasteiger partial charge is 0.507 e. The van der Waals surface area contributed by atoms with Gasteiger partial charge in [-0.05, 0) is 59.7 Å². The number of aliphatic hydroxyl groups is 1. The number of aliphatic hydroxyl groups excluding tert-OH is 1. The first-order valence-electron chi connectivity index (χ1n) is 11.8. The zero-order valence-electron chi connectivity index (χ0n) is 20.2. The zero-order valence-corrected chi connectivity index (χ0v) is 20.2. The van der Waals surface area contributed by atoms with Crippen LogP contribution in [0.2, 0.25) is 0 Å². The molecule has 0 bridgehead atoms. The summed E-state index contributed by atoms with van der Waals surface area (Å²) in [6, 6.07) is 26.2. The highest BCUT2D eigenvalue weighted by Gasteiger charge is 2.46. The first-order chi connectivity index (χ1) is 18.0. The third kappa shape index (κ3) is 4.97. The number of amides is 1. The maximum Gasteiger partial charge on any atom is 0.296 e. The quantitative estimate of drug-likeness (QED) is 0.198. The molecular formula is C30H25NO6. The topological polar surface area (TPSA) is 89.2 Å². The van der Waals surface area contributed by atoms with Gasteiger partial charge in [0.2, 0.25) is 0 Å². The summed E-state index contributed by atoms with van der Waals surface area (Å²) in [5.74, 6) is -0.0343. The number of hydrogen-bond donors (Lipinski definition) is 1. The minimum absolute atomic E-state index is 0.00179. The van der Waals surface area contributed by atoms with E-state index in [2.05, 4.69) is 0 Å². The predicted molar refractivity (Wildman–Crippen MR) is 137 cm³/mol. The summed E-state index contributed by atoms with van der Waals surface area (Å²) in [5.41, 5.74) is 2.04. The van der Waals surface area contributed by atoms with E-state index in [1.165, 1.54) is 11.2 Å². The Bertz CT molecular complexity index is 1420. The Morgan fingerprint density at radius 3 is 2.41 bits per heavy atom. The monoisotopic (exact) mass is 495 g/mol. The Balaban J connectivity index is 1.55. The van der Waals surface area contributed by atoms with Gasteiger partial charge in [0, 0.05) is 5.56 Å². The van der Waals surface area contributed by atoms with Crippen molar-refractivity contribution in [2.24, 2.45) is 0 Å². The molecule has 0 radical (unpaired) electrons. The van der Waals surface area contributed by atoms with E-state index in [1.807, 2.05) is 42.5 Å². The van der Waals surface area contributed by atoms with Crippen LogP contribution in [-0.4, -0.2) is 28.8 Å². The van der Waals surface area contributed by atoms with E-state index in [9.17, 15) is 14.7 Å². The number of ether oxygens (including phenoxy) is 2.